The van der Waals surface area contributed by atoms with Gasteiger partial charge >= 0.3 is 6.09 Å². The second kappa shape index (κ2) is 8.81. The Kier molecular flexibility index (Phi) is 6.19. The normalized spacial score (nSPS) is 27.4. The molecule has 2 aliphatic carbocycles. The molecule has 5 heteroatoms. The van der Waals surface area contributed by atoms with Gasteiger partial charge in [-0.05, 0) is 30.7 Å². The van der Waals surface area contributed by atoms with E-state index in [0.29, 0.717) is 57.0 Å². The maximum absolute atomic E-state index is 15.2. The number of nitrogens with zero attached hydrogens (tertiary/aromatic N) is 1. The smallest absolute Gasteiger partial charge is 0.409 e. The van der Waals surface area contributed by atoms with Gasteiger partial charge in [0.25, 0.3) is 0 Å². The number of piperidine rings is 1. The predicted molar refractivity (Wildman–Crippen MR) is 108 cm³/mol. The van der Waals surface area contributed by atoms with Gasteiger partial charge in [-0.1, -0.05) is 49.6 Å². The molecule has 1 aromatic rings. The Morgan fingerprint density at radius 1 is 1.14 bits per heavy atom. The fraction of sp³-hybridized carbons (Fsp3) is 0.696. The molecular formula is C23H33FN2O2. The van der Waals surface area contributed by atoms with Gasteiger partial charge in [0, 0.05) is 44.4 Å². The third kappa shape index (κ3) is 5.05. The van der Waals surface area contributed by atoms with Crippen molar-refractivity contribution in [1.82, 2.24) is 10.2 Å². The van der Waals surface area contributed by atoms with Crippen molar-refractivity contribution < 1.29 is 13.9 Å². The lowest BCUT2D eigenvalue weighted by atomic mass is 9.90. The second-order valence-electron chi connectivity index (χ2n) is 8.96. The largest absolute Gasteiger partial charge is 0.449 e. The molecule has 2 saturated carbocycles. The fourth-order valence-corrected chi connectivity index (χ4v) is 4.70. The third-order valence-electron chi connectivity index (χ3n) is 6.78. The molecular weight excluding hydrogens is 355 g/mol. The topological polar surface area (TPSA) is 41.6 Å². The maximum atomic E-state index is 15.2. The van der Waals surface area contributed by atoms with Gasteiger partial charge in [-0.15, -0.1) is 0 Å². The van der Waals surface area contributed by atoms with Crippen molar-refractivity contribution in [2.24, 2.45) is 5.92 Å². The summed E-state index contributed by atoms with van der Waals surface area (Å²) in [5.41, 5.74) is 0.118. The van der Waals surface area contributed by atoms with E-state index in [1.54, 1.807) is 4.90 Å². The summed E-state index contributed by atoms with van der Waals surface area (Å²) < 4.78 is 20.7. The first-order chi connectivity index (χ1) is 13.6. The van der Waals surface area contributed by atoms with Crippen LogP contribution in [-0.4, -0.2) is 48.9 Å². The summed E-state index contributed by atoms with van der Waals surface area (Å²) in [5, 5.41) is 3.42. The Morgan fingerprint density at radius 3 is 2.57 bits per heavy atom. The first-order valence-corrected chi connectivity index (χ1v) is 11.0. The monoisotopic (exact) mass is 388 g/mol. The minimum atomic E-state index is -1.22. The highest BCUT2D eigenvalue weighted by molar-refractivity contribution is 5.67. The lowest BCUT2D eigenvalue weighted by Gasteiger charge is -2.36. The zero-order chi connectivity index (χ0) is 19.4. The van der Waals surface area contributed by atoms with E-state index in [-0.39, 0.29) is 6.09 Å². The van der Waals surface area contributed by atoms with Crippen LogP contribution in [0.1, 0.15) is 62.8 Å². The number of ether oxygens (including phenoxy) is 1. The molecule has 1 aliphatic heterocycles. The molecule has 28 heavy (non-hydrogen) atoms. The Labute approximate surface area is 167 Å². The van der Waals surface area contributed by atoms with Gasteiger partial charge in [-0.3, -0.25) is 0 Å². The number of rotatable bonds is 6. The van der Waals surface area contributed by atoms with E-state index in [4.69, 9.17) is 4.74 Å². The Bertz CT molecular complexity index is 639. The van der Waals surface area contributed by atoms with Crippen LogP contribution in [-0.2, 0) is 4.74 Å². The molecule has 1 saturated heterocycles. The number of nitrogens with one attached hydrogen (secondary N) is 1. The number of likely N-dealkylation sites (tertiary alicyclic amines) is 1. The summed E-state index contributed by atoms with van der Waals surface area (Å²) in [6, 6.07) is 10.8. The molecule has 1 heterocycles. The van der Waals surface area contributed by atoms with Crippen LogP contribution >= 0.6 is 0 Å². The number of hydrogen-bond acceptors (Lipinski definition) is 3. The highest BCUT2D eigenvalue weighted by Gasteiger charge is 2.42. The third-order valence-corrected chi connectivity index (χ3v) is 6.78. The molecule has 0 bridgehead atoms. The summed E-state index contributed by atoms with van der Waals surface area (Å²) >= 11 is 0. The number of carbonyl (C=O) groups is 1. The maximum Gasteiger partial charge on any atom is 0.409 e. The predicted octanol–water partition coefficient (Wildman–Crippen LogP) is 4.65. The van der Waals surface area contributed by atoms with Gasteiger partial charge in [-0.2, -0.15) is 0 Å². The highest BCUT2D eigenvalue weighted by Crippen LogP contribution is 2.41. The molecule has 0 unspecified atom stereocenters. The molecule has 0 aromatic heterocycles. The molecule has 1 N–H and O–H groups in total. The number of carbonyl (C=O) groups excluding carboxylic acids is 1. The van der Waals surface area contributed by atoms with E-state index in [1.165, 1.54) is 24.8 Å². The van der Waals surface area contributed by atoms with E-state index in [0.717, 1.165) is 19.3 Å². The van der Waals surface area contributed by atoms with Crippen molar-refractivity contribution in [3.8, 4) is 0 Å². The van der Waals surface area contributed by atoms with Gasteiger partial charge < -0.3 is 15.0 Å². The Morgan fingerprint density at radius 2 is 1.86 bits per heavy atom. The van der Waals surface area contributed by atoms with Crippen LogP contribution in [0.3, 0.4) is 0 Å². The van der Waals surface area contributed by atoms with E-state index in [9.17, 15) is 4.79 Å². The van der Waals surface area contributed by atoms with Crippen molar-refractivity contribution >= 4 is 6.09 Å². The molecule has 4 nitrogen and oxygen atoms in total. The van der Waals surface area contributed by atoms with Gasteiger partial charge in [-0.25, -0.2) is 9.18 Å². The van der Waals surface area contributed by atoms with Crippen LogP contribution in [0.2, 0.25) is 0 Å². The van der Waals surface area contributed by atoms with Crippen LogP contribution in [0.25, 0.3) is 0 Å². The molecule has 1 aromatic carbocycles. The second-order valence-corrected chi connectivity index (χ2v) is 8.96. The number of hydrogen-bond donors (Lipinski definition) is 1. The van der Waals surface area contributed by atoms with E-state index in [1.807, 2.05) is 6.07 Å². The number of benzene rings is 1. The molecule has 4 rings (SSSR count). The summed E-state index contributed by atoms with van der Waals surface area (Å²) in [4.78, 5) is 14.0. The zero-order valence-corrected chi connectivity index (χ0v) is 16.7. The summed E-state index contributed by atoms with van der Waals surface area (Å²) in [6.07, 6.45) is 7.73. The van der Waals surface area contributed by atoms with Gasteiger partial charge in [0.15, 0.2) is 0 Å². The standard InChI is InChI=1S/C23H33FN2O2/c24-23(17-25-21-15-20(21)19-9-5-2-6-10-19)11-13-26(14-12-23)22(27)28-16-18-7-3-1-4-8-18/h2,5-6,9-10,18,20-21,25H,1,3-4,7-8,11-17H2/t20-,21+/m0/s1. The van der Waals surface area contributed by atoms with E-state index >= 15 is 4.39 Å². The SMILES string of the molecule is O=C(OCC1CCCCC1)N1CCC(F)(CN[C@@H]2C[C@H]2c2ccccc2)CC1. The van der Waals surface area contributed by atoms with Gasteiger partial charge in [0.2, 0.25) is 0 Å². The molecule has 154 valence electrons. The van der Waals surface area contributed by atoms with Crippen molar-refractivity contribution in [3.63, 3.8) is 0 Å². The van der Waals surface area contributed by atoms with Gasteiger partial charge in [0.1, 0.15) is 5.67 Å². The summed E-state index contributed by atoms with van der Waals surface area (Å²) in [7, 11) is 0. The molecule has 3 fully saturated rings. The highest BCUT2D eigenvalue weighted by atomic mass is 19.1. The first kappa shape index (κ1) is 19.7. The van der Waals surface area contributed by atoms with Crippen LogP contribution in [0.5, 0.6) is 0 Å². The molecule has 0 spiro atoms. The van der Waals surface area contributed by atoms with E-state index in [2.05, 4.69) is 29.6 Å². The van der Waals surface area contributed by atoms with Crippen LogP contribution in [0.4, 0.5) is 9.18 Å². The Hall–Kier alpha value is -1.62. The molecule has 1 amide bonds. The number of alkyl halides is 1. The quantitative estimate of drug-likeness (QED) is 0.771. The fourth-order valence-electron chi connectivity index (χ4n) is 4.70. The van der Waals surface area contributed by atoms with E-state index < -0.39 is 5.67 Å². The van der Waals surface area contributed by atoms with Crippen molar-refractivity contribution in [1.29, 1.82) is 0 Å². The summed E-state index contributed by atoms with van der Waals surface area (Å²) in [5.74, 6) is 1.03. The van der Waals surface area contributed by atoms with Crippen molar-refractivity contribution in [3.05, 3.63) is 35.9 Å². The minimum absolute atomic E-state index is 0.257. The average Bonchev–Trinajstić information content (AvgIpc) is 3.53. The lowest BCUT2D eigenvalue weighted by molar-refractivity contribution is 0.0358. The summed E-state index contributed by atoms with van der Waals surface area (Å²) in [6.45, 7) is 1.81. The van der Waals surface area contributed by atoms with Crippen LogP contribution in [0, 0.1) is 5.92 Å². The molecule has 3 aliphatic rings. The average molecular weight is 389 g/mol. The Balaban J connectivity index is 1.15. The number of halogens is 1. The lowest BCUT2D eigenvalue weighted by Crippen LogP contribution is -2.49. The first-order valence-electron chi connectivity index (χ1n) is 11.0. The van der Waals surface area contributed by atoms with Crippen molar-refractivity contribution in [2.45, 2.75) is 69.0 Å². The van der Waals surface area contributed by atoms with Gasteiger partial charge in [0.05, 0.1) is 6.61 Å². The van der Waals surface area contributed by atoms with Crippen LogP contribution in [0.15, 0.2) is 30.3 Å². The molecule has 0 radical (unpaired) electrons. The number of amides is 1. The van der Waals surface area contributed by atoms with Crippen molar-refractivity contribution in [2.75, 3.05) is 26.2 Å². The zero-order valence-electron chi connectivity index (χ0n) is 16.7. The molecule has 2 atom stereocenters. The van der Waals surface area contributed by atoms with Crippen LogP contribution < -0.4 is 5.32 Å². The minimum Gasteiger partial charge on any atom is -0.449 e.